The van der Waals surface area contributed by atoms with E-state index in [4.69, 9.17) is 14.2 Å². The Labute approximate surface area is 198 Å². The summed E-state index contributed by atoms with van der Waals surface area (Å²) in [6, 6.07) is 0. The van der Waals surface area contributed by atoms with Crippen LogP contribution in [0.4, 0.5) is 5.13 Å². The number of thiophene rings is 1. The zero-order valence-electron chi connectivity index (χ0n) is 18.7. The van der Waals surface area contributed by atoms with Crippen molar-refractivity contribution in [2.24, 2.45) is 0 Å². The summed E-state index contributed by atoms with van der Waals surface area (Å²) >= 11 is 2.49. The molecular weight excluding hydrogens is 468 g/mol. The summed E-state index contributed by atoms with van der Waals surface area (Å²) in [5.41, 5.74) is 6.27. The van der Waals surface area contributed by atoms with Crippen molar-refractivity contribution in [2.75, 3.05) is 45.4 Å². The number of hydrogen-bond donors (Lipinski definition) is 2. The van der Waals surface area contributed by atoms with Crippen LogP contribution in [0, 0.1) is 13.8 Å². The first kappa shape index (κ1) is 23.3. The van der Waals surface area contributed by atoms with Gasteiger partial charge in [0.1, 0.15) is 16.3 Å². The lowest BCUT2D eigenvalue weighted by Crippen LogP contribution is -2.41. The normalized spacial score (nSPS) is 13.9. The van der Waals surface area contributed by atoms with Gasteiger partial charge in [-0.1, -0.05) is 11.3 Å². The van der Waals surface area contributed by atoms with E-state index >= 15 is 0 Å². The molecule has 0 unspecified atom stereocenters. The number of rotatable bonds is 6. The van der Waals surface area contributed by atoms with Gasteiger partial charge in [0.2, 0.25) is 5.88 Å². The lowest BCUT2D eigenvalue weighted by atomic mass is 10.2. The smallest absolute Gasteiger partial charge is 0.281 e. The standard InChI is InChI=1S/C20H24N6O5S2/c1-10-13-18(30-4)22-12(9-29-3)23-19(13)32-14(10)16(27)24-25-17(28)15-11(2)21-20(33-15)26-5-7-31-8-6-26/h5-9H2,1-4H3,(H,24,27)(H,25,28). The van der Waals surface area contributed by atoms with E-state index in [2.05, 4.69) is 30.7 Å². The monoisotopic (exact) mass is 492 g/mol. The van der Waals surface area contributed by atoms with Crippen LogP contribution in [0.25, 0.3) is 10.2 Å². The largest absolute Gasteiger partial charge is 0.480 e. The molecule has 33 heavy (non-hydrogen) atoms. The van der Waals surface area contributed by atoms with E-state index in [1.807, 2.05) is 0 Å². The molecule has 1 aliphatic rings. The van der Waals surface area contributed by atoms with Crippen LogP contribution < -0.4 is 20.5 Å². The van der Waals surface area contributed by atoms with Crippen LogP contribution >= 0.6 is 22.7 Å². The van der Waals surface area contributed by atoms with E-state index in [-0.39, 0.29) is 6.61 Å². The second-order valence-corrected chi connectivity index (χ2v) is 9.21. The highest BCUT2D eigenvalue weighted by Gasteiger charge is 2.23. The zero-order valence-corrected chi connectivity index (χ0v) is 20.3. The average molecular weight is 493 g/mol. The number of nitrogens with zero attached hydrogens (tertiary/aromatic N) is 4. The number of aromatic nitrogens is 3. The summed E-state index contributed by atoms with van der Waals surface area (Å²) in [7, 11) is 3.06. The number of ether oxygens (including phenoxy) is 3. The quantitative estimate of drug-likeness (QED) is 0.495. The summed E-state index contributed by atoms with van der Waals surface area (Å²) in [6.45, 7) is 6.51. The molecule has 4 heterocycles. The first-order valence-electron chi connectivity index (χ1n) is 10.2. The van der Waals surface area contributed by atoms with Gasteiger partial charge in [0.25, 0.3) is 11.8 Å². The second-order valence-electron chi connectivity index (χ2n) is 7.24. The first-order chi connectivity index (χ1) is 15.9. The predicted molar refractivity (Wildman–Crippen MR) is 124 cm³/mol. The molecule has 11 nitrogen and oxygen atoms in total. The highest BCUT2D eigenvalue weighted by Crippen LogP contribution is 2.35. The molecule has 3 aromatic heterocycles. The predicted octanol–water partition coefficient (Wildman–Crippen LogP) is 1.83. The van der Waals surface area contributed by atoms with Crippen molar-refractivity contribution in [2.45, 2.75) is 20.5 Å². The molecule has 0 aliphatic carbocycles. The minimum atomic E-state index is -0.449. The Kier molecular flexibility index (Phi) is 7.02. The van der Waals surface area contributed by atoms with Gasteiger partial charge in [0.05, 0.1) is 36.3 Å². The summed E-state index contributed by atoms with van der Waals surface area (Å²) in [6.07, 6.45) is 0. The van der Waals surface area contributed by atoms with Gasteiger partial charge < -0.3 is 19.1 Å². The van der Waals surface area contributed by atoms with Gasteiger partial charge in [0, 0.05) is 20.2 Å². The lowest BCUT2D eigenvalue weighted by Gasteiger charge is -2.25. The molecule has 3 aromatic rings. The third kappa shape index (κ3) is 4.76. The van der Waals surface area contributed by atoms with Crippen LogP contribution in [0.2, 0.25) is 0 Å². The highest BCUT2D eigenvalue weighted by molar-refractivity contribution is 7.20. The number of amides is 2. The molecule has 0 spiro atoms. The maximum atomic E-state index is 12.9. The van der Waals surface area contributed by atoms with Gasteiger partial charge in [-0.05, 0) is 19.4 Å². The van der Waals surface area contributed by atoms with E-state index in [1.165, 1.54) is 29.8 Å². The number of morpholine rings is 1. The molecule has 0 atom stereocenters. The Morgan fingerprint density at radius 3 is 2.39 bits per heavy atom. The molecule has 0 saturated carbocycles. The summed E-state index contributed by atoms with van der Waals surface area (Å²) < 4.78 is 15.9. The van der Waals surface area contributed by atoms with Gasteiger partial charge >= 0.3 is 0 Å². The third-order valence-corrected chi connectivity index (χ3v) is 7.44. The fraction of sp³-hybridized carbons (Fsp3) is 0.450. The Hall–Kier alpha value is -2.87. The van der Waals surface area contributed by atoms with Crippen molar-refractivity contribution in [1.82, 2.24) is 25.8 Å². The van der Waals surface area contributed by atoms with Crippen molar-refractivity contribution >= 4 is 49.8 Å². The van der Waals surface area contributed by atoms with Crippen LogP contribution in [0.3, 0.4) is 0 Å². The van der Waals surface area contributed by atoms with E-state index < -0.39 is 11.8 Å². The van der Waals surface area contributed by atoms with Crippen LogP contribution in [0.5, 0.6) is 5.88 Å². The van der Waals surface area contributed by atoms with E-state index in [0.717, 1.165) is 18.2 Å². The minimum absolute atomic E-state index is 0.224. The summed E-state index contributed by atoms with van der Waals surface area (Å²) in [4.78, 5) is 42.4. The van der Waals surface area contributed by atoms with Gasteiger partial charge in [-0.25, -0.2) is 9.97 Å². The molecule has 0 bridgehead atoms. The Balaban J connectivity index is 1.49. The van der Waals surface area contributed by atoms with E-state index in [0.29, 0.717) is 56.1 Å². The van der Waals surface area contributed by atoms with Gasteiger partial charge in [-0.15, -0.1) is 11.3 Å². The number of methoxy groups -OCH3 is 2. The molecule has 2 N–H and O–H groups in total. The SMILES string of the molecule is COCc1nc(OC)c2c(C)c(C(=O)NNC(=O)c3sc(N4CCOCC4)nc3C)sc2n1. The zero-order chi connectivity index (χ0) is 23.5. The van der Waals surface area contributed by atoms with Crippen molar-refractivity contribution in [3.63, 3.8) is 0 Å². The number of carbonyl (C=O) groups is 2. The number of aryl methyl sites for hydroxylation is 2. The van der Waals surface area contributed by atoms with Crippen LogP contribution in [-0.2, 0) is 16.1 Å². The van der Waals surface area contributed by atoms with Crippen molar-refractivity contribution in [3.8, 4) is 5.88 Å². The third-order valence-electron chi connectivity index (χ3n) is 5.04. The van der Waals surface area contributed by atoms with Crippen LogP contribution in [0.1, 0.15) is 36.4 Å². The van der Waals surface area contributed by atoms with E-state index in [1.54, 1.807) is 21.0 Å². The molecule has 13 heteroatoms. The Morgan fingerprint density at radius 1 is 1.03 bits per heavy atom. The van der Waals surface area contributed by atoms with Crippen LogP contribution in [-0.4, -0.2) is 67.3 Å². The number of thiazole rings is 1. The van der Waals surface area contributed by atoms with E-state index in [9.17, 15) is 9.59 Å². The molecule has 0 aromatic carbocycles. The first-order valence-corrected chi connectivity index (χ1v) is 11.8. The summed E-state index contributed by atoms with van der Waals surface area (Å²) in [5.74, 6) is -0.0361. The molecule has 1 saturated heterocycles. The Morgan fingerprint density at radius 2 is 1.73 bits per heavy atom. The maximum Gasteiger partial charge on any atom is 0.281 e. The number of hydrazine groups is 1. The Bertz CT molecular complexity index is 1190. The topological polar surface area (TPSA) is 128 Å². The number of hydrogen-bond acceptors (Lipinski definition) is 11. The molecule has 0 radical (unpaired) electrons. The molecule has 1 aliphatic heterocycles. The second kappa shape index (κ2) is 9.95. The number of carbonyl (C=O) groups excluding carboxylic acids is 2. The summed E-state index contributed by atoms with van der Waals surface area (Å²) in [5, 5.41) is 1.43. The van der Waals surface area contributed by atoms with Gasteiger partial charge in [-0.2, -0.15) is 4.98 Å². The maximum absolute atomic E-state index is 12.9. The molecule has 2 amide bonds. The number of anilines is 1. The van der Waals surface area contributed by atoms with Crippen molar-refractivity contribution < 1.29 is 23.8 Å². The van der Waals surface area contributed by atoms with Crippen LogP contribution in [0.15, 0.2) is 0 Å². The molecular formula is C20H24N6O5S2. The molecule has 176 valence electrons. The van der Waals surface area contributed by atoms with Crippen molar-refractivity contribution in [1.29, 1.82) is 0 Å². The highest BCUT2D eigenvalue weighted by atomic mass is 32.1. The number of nitrogens with one attached hydrogen (secondary N) is 2. The molecule has 4 rings (SSSR count). The lowest BCUT2D eigenvalue weighted by molar-refractivity contribution is 0.0850. The fourth-order valence-corrected chi connectivity index (χ4v) is 5.51. The molecule has 1 fully saturated rings. The van der Waals surface area contributed by atoms with Gasteiger partial charge in [0.15, 0.2) is 11.0 Å². The minimum Gasteiger partial charge on any atom is -0.480 e. The number of fused-ring (bicyclic) bond motifs is 1. The average Bonchev–Trinajstić information content (AvgIpc) is 3.37. The van der Waals surface area contributed by atoms with Crippen molar-refractivity contribution in [3.05, 3.63) is 26.8 Å². The fourth-order valence-electron chi connectivity index (χ4n) is 3.41. The van der Waals surface area contributed by atoms with Gasteiger partial charge in [-0.3, -0.25) is 20.4 Å².